The van der Waals surface area contributed by atoms with Crippen LogP contribution in [-0.4, -0.2) is 4.57 Å². The molecule has 3 rings (SSSR count). The van der Waals surface area contributed by atoms with Crippen LogP contribution in [0.25, 0.3) is 10.9 Å². The van der Waals surface area contributed by atoms with E-state index >= 15 is 0 Å². The number of halogens is 1. The molecule has 0 saturated heterocycles. The smallest absolute Gasteiger partial charge is 0.251 e. The molecule has 3 nitrogen and oxygen atoms in total. The van der Waals surface area contributed by atoms with Gasteiger partial charge in [-0.25, -0.2) is 4.39 Å². The average Bonchev–Trinajstić information content (AvgIpc) is 2.45. The molecule has 100 valence electrons. The van der Waals surface area contributed by atoms with Gasteiger partial charge in [0.1, 0.15) is 5.82 Å². The molecule has 0 fully saturated rings. The van der Waals surface area contributed by atoms with Crippen molar-refractivity contribution in [2.45, 2.75) is 6.54 Å². The number of hydrogen-bond acceptors (Lipinski definition) is 2. The van der Waals surface area contributed by atoms with Crippen molar-refractivity contribution in [2.75, 3.05) is 5.73 Å². The summed E-state index contributed by atoms with van der Waals surface area (Å²) in [6.45, 7) is 0.124. The van der Waals surface area contributed by atoms with Crippen LogP contribution in [0.5, 0.6) is 0 Å². The molecule has 1 aromatic heterocycles. The zero-order valence-electron chi connectivity index (χ0n) is 10.7. The molecular formula is C16H13FN2O. The first kappa shape index (κ1) is 12.4. The molecule has 0 saturated carbocycles. The topological polar surface area (TPSA) is 48.0 Å². The monoisotopic (exact) mass is 268 g/mol. The van der Waals surface area contributed by atoms with E-state index in [-0.39, 0.29) is 12.1 Å². The number of para-hydroxylation sites is 1. The normalized spacial score (nSPS) is 10.8. The minimum Gasteiger partial charge on any atom is -0.398 e. The lowest BCUT2D eigenvalue weighted by atomic mass is 10.1. The Labute approximate surface area is 115 Å². The van der Waals surface area contributed by atoms with E-state index in [1.165, 1.54) is 16.7 Å². The lowest BCUT2D eigenvalue weighted by molar-refractivity contribution is 0.601. The van der Waals surface area contributed by atoms with E-state index < -0.39 is 5.82 Å². The van der Waals surface area contributed by atoms with Crippen molar-refractivity contribution in [3.8, 4) is 0 Å². The second-order valence-electron chi connectivity index (χ2n) is 4.62. The summed E-state index contributed by atoms with van der Waals surface area (Å²) in [5, 5.41) is 0.932. The zero-order valence-corrected chi connectivity index (χ0v) is 10.7. The predicted octanol–water partition coefficient (Wildman–Crippen LogP) is 2.77. The third-order valence-electron chi connectivity index (χ3n) is 3.37. The first-order chi connectivity index (χ1) is 9.66. The van der Waals surface area contributed by atoms with E-state index in [1.807, 2.05) is 24.3 Å². The molecule has 0 aliphatic heterocycles. The highest BCUT2D eigenvalue weighted by molar-refractivity contribution is 5.78. The molecule has 0 unspecified atom stereocenters. The number of pyridine rings is 1. The maximum atomic E-state index is 13.9. The Morgan fingerprint density at radius 3 is 2.60 bits per heavy atom. The molecule has 0 amide bonds. The van der Waals surface area contributed by atoms with Crippen molar-refractivity contribution in [3.05, 3.63) is 76.3 Å². The Morgan fingerprint density at radius 1 is 1.00 bits per heavy atom. The first-order valence-electron chi connectivity index (χ1n) is 6.28. The molecule has 0 radical (unpaired) electrons. The van der Waals surface area contributed by atoms with Crippen LogP contribution < -0.4 is 11.3 Å². The number of nitrogens with zero attached hydrogens (tertiary/aromatic N) is 1. The van der Waals surface area contributed by atoms with E-state index in [0.29, 0.717) is 11.3 Å². The van der Waals surface area contributed by atoms with Crippen LogP contribution in [0.2, 0.25) is 0 Å². The summed E-state index contributed by atoms with van der Waals surface area (Å²) in [4.78, 5) is 12.1. The Hall–Kier alpha value is -2.62. The maximum absolute atomic E-state index is 13.9. The third-order valence-corrected chi connectivity index (χ3v) is 3.37. The number of hydrogen-bond donors (Lipinski definition) is 1. The quantitative estimate of drug-likeness (QED) is 0.726. The van der Waals surface area contributed by atoms with Crippen LogP contribution in [0.15, 0.2) is 59.4 Å². The fraction of sp³-hybridized carbons (Fsp3) is 0.0625. The van der Waals surface area contributed by atoms with Crippen LogP contribution in [0.3, 0.4) is 0 Å². The summed E-state index contributed by atoms with van der Waals surface area (Å²) < 4.78 is 15.4. The Kier molecular flexibility index (Phi) is 2.99. The van der Waals surface area contributed by atoms with Crippen LogP contribution in [0, 0.1) is 5.82 Å². The predicted molar refractivity (Wildman–Crippen MR) is 78.1 cm³/mol. The number of rotatable bonds is 2. The van der Waals surface area contributed by atoms with Gasteiger partial charge in [-0.1, -0.05) is 24.3 Å². The lowest BCUT2D eigenvalue weighted by Crippen LogP contribution is -2.21. The zero-order chi connectivity index (χ0) is 14.1. The number of nitrogens with two attached hydrogens (primary N) is 1. The van der Waals surface area contributed by atoms with Crippen molar-refractivity contribution >= 4 is 16.6 Å². The molecule has 0 aliphatic rings. The van der Waals surface area contributed by atoms with Gasteiger partial charge >= 0.3 is 0 Å². The van der Waals surface area contributed by atoms with Gasteiger partial charge in [-0.2, -0.15) is 0 Å². The summed E-state index contributed by atoms with van der Waals surface area (Å²) in [5.41, 5.74) is 7.09. The molecule has 0 aliphatic carbocycles. The highest BCUT2D eigenvalue weighted by Crippen LogP contribution is 2.19. The Balaban J connectivity index is 2.21. The molecule has 2 N–H and O–H groups in total. The number of aromatic nitrogens is 1. The highest BCUT2D eigenvalue weighted by Gasteiger charge is 2.09. The summed E-state index contributed by atoms with van der Waals surface area (Å²) in [7, 11) is 0. The maximum Gasteiger partial charge on any atom is 0.251 e. The van der Waals surface area contributed by atoms with E-state index in [9.17, 15) is 9.18 Å². The third kappa shape index (κ3) is 2.05. The molecule has 1 heterocycles. The van der Waals surface area contributed by atoms with Crippen LogP contribution in [0.4, 0.5) is 10.1 Å². The van der Waals surface area contributed by atoms with Crippen molar-refractivity contribution < 1.29 is 4.39 Å². The molecule has 0 spiro atoms. The van der Waals surface area contributed by atoms with Gasteiger partial charge in [0.25, 0.3) is 5.56 Å². The van der Waals surface area contributed by atoms with Gasteiger partial charge in [0.05, 0.1) is 12.1 Å². The molecule has 4 heteroatoms. The standard InChI is InChI=1S/C16H13FN2O/c17-13-5-3-6-14(18)12(13)10-19-15-7-2-1-4-11(15)8-9-16(19)20/h1-9H,10,18H2. The number of nitrogen functional groups attached to an aromatic ring is 1. The van der Waals surface area contributed by atoms with Crippen molar-refractivity contribution in [1.29, 1.82) is 0 Å². The second kappa shape index (κ2) is 4.81. The summed E-state index contributed by atoms with van der Waals surface area (Å²) >= 11 is 0. The SMILES string of the molecule is Nc1cccc(F)c1Cn1c(=O)ccc2ccccc21. The highest BCUT2D eigenvalue weighted by atomic mass is 19.1. The molecule has 3 aromatic rings. The number of benzene rings is 2. The molecular weight excluding hydrogens is 255 g/mol. The van der Waals surface area contributed by atoms with E-state index in [4.69, 9.17) is 5.73 Å². The van der Waals surface area contributed by atoms with E-state index in [1.54, 1.807) is 18.2 Å². The van der Waals surface area contributed by atoms with Crippen molar-refractivity contribution in [1.82, 2.24) is 4.57 Å². The molecule has 0 atom stereocenters. The minimum atomic E-state index is -0.398. The number of fused-ring (bicyclic) bond motifs is 1. The summed E-state index contributed by atoms with van der Waals surface area (Å²) in [6.07, 6.45) is 0. The number of anilines is 1. The van der Waals surface area contributed by atoms with E-state index in [0.717, 1.165) is 10.9 Å². The van der Waals surface area contributed by atoms with Gasteiger partial charge in [-0.05, 0) is 29.7 Å². The largest absolute Gasteiger partial charge is 0.398 e. The van der Waals surface area contributed by atoms with Gasteiger partial charge in [0, 0.05) is 17.3 Å². The van der Waals surface area contributed by atoms with Gasteiger partial charge in [-0.15, -0.1) is 0 Å². The van der Waals surface area contributed by atoms with Gasteiger partial charge in [0.2, 0.25) is 0 Å². The Morgan fingerprint density at radius 2 is 1.80 bits per heavy atom. The second-order valence-corrected chi connectivity index (χ2v) is 4.62. The molecule has 2 aromatic carbocycles. The van der Waals surface area contributed by atoms with Crippen molar-refractivity contribution in [3.63, 3.8) is 0 Å². The van der Waals surface area contributed by atoms with Gasteiger partial charge < -0.3 is 10.3 Å². The van der Waals surface area contributed by atoms with Gasteiger partial charge in [-0.3, -0.25) is 4.79 Å². The first-order valence-corrected chi connectivity index (χ1v) is 6.28. The fourth-order valence-corrected chi connectivity index (χ4v) is 2.31. The molecule has 20 heavy (non-hydrogen) atoms. The summed E-state index contributed by atoms with van der Waals surface area (Å²) in [5.74, 6) is -0.398. The Bertz CT molecular complexity index is 819. The summed E-state index contributed by atoms with van der Waals surface area (Å²) in [6, 6.07) is 15.3. The van der Waals surface area contributed by atoms with Crippen molar-refractivity contribution in [2.24, 2.45) is 0 Å². The fourth-order valence-electron chi connectivity index (χ4n) is 2.31. The average molecular weight is 268 g/mol. The molecule has 0 bridgehead atoms. The van der Waals surface area contributed by atoms with Crippen LogP contribution >= 0.6 is 0 Å². The van der Waals surface area contributed by atoms with Gasteiger partial charge in [0.15, 0.2) is 0 Å². The van der Waals surface area contributed by atoms with Crippen LogP contribution in [-0.2, 0) is 6.54 Å². The lowest BCUT2D eigenvalue weighted by Gasteiger charge is -2.12. The minimum absolute atomic E-state index is 0.124. The van der Waals surface area contributed by atoms with E-state index in [2.05, 4.69) is 0 Å². The van der Waals surface area contributed by atoms with Crippen LogP contribution in [0.1, 0.15) is 5.56 Å².